The largest absolute Gasteiger partial charge is 1.00 e. The smallest absolute Gasteiger partial charge is 1.00 e. The van der Waals surface area contributed by atoms with Crippen LogP contribution in [0.15, 0.2) is 0 Å². The van der Waals surface area contributed by atoms with Gasteiger partial charge in [0.1, 0.15) is 0 Å². The molecule has 0 unspecified atom stereocenters. The van der Waals surface area contributed by atoms with Gasteiger partial charge >= 0.3 is 29.6 Å². The van der Waals surface area contributed by atoms with Crippen LogP contribution in [0.25, 0.3) is 0 Å². The minimum absolute atomic E-state index is 0. The first-order chi connectivity index (χ1) is 1.00. The molecule has 0 saturated heterocycles. The van der Waals surface area contributed by atoms with Gasteiger partial charge in [0.15, 0.2) is 0 Å². The fraction of sp³-hybridized carbons (Fsp3) is 0. The zero-order valence-electron chi connectivity index (χ0n) is 2.19. The van der Waals surface area contributed by atoms with Gasteiger partial charge in [-0.05, 0) is 0 Å². The van der Waals surface area contributed by atoms with Crippen molar-refractivity contribution in [2.24, 2.45) is 0 Å². The van der Waals surface area contributed by atoms with Crippen LogP contribution in [0.2, 0.25) is 0 Å². The maximum Gasteiger partial charge on any atom is 1.00 e. The van der Waals surface area contributed by atoms with Gasteiger partial charge in [0.2, 0.25) is 0 Å². The molecule has 0 spiro atoms. The monoisotopic (exact) mass is 89.9 g/mol. The summed E-state index contributed by atoms with van der Waals surface area (Å²) in [4.78, 5) is 14.0. The standard InChI is InChI=1S/ClH.Na.O2/c;;1-2/h1H;;/q;+1;/p-1. The van der Waals surface area contributed by atoms with Gasteiger partial charge in [0.25, 0.3) is 0 Å². The molecule has 20 valence electrons. The molecule has 0 atom stereocenters. The Hall–Kier alpha value is 0.890. The van der Waals surface area contributed by atoms with E-state index in [0.717, 1.165) is 0 Å². The van der Waals surface area contributed by atoms with E-state index in [1.54, 1.807) is 0 Å². The van der Waals surface area contributed by atoms with Gasteiger partial charge in [-0.3, -0.25) is 0 Å². The zero-order chi connectivity index (χ0) is 2.00. The van der Waals surface area contributed by atoms with Crippen molar-refractivity contribution >= 4 is 0 Å². The van der Waals surface area contributed by atoms with Gasteiger partial charge < -0.3 is 12.4 Å². The average Bonchev–Trinajstić information content (AvgIpc) is 1.00. The first kappa shape index (κ1) is 20.7. The molecule has 0 aromatic carbocycles. The third-order valence-electron chi connectivity index (χ3n) is 0. The van der Waals surface area contributed by atoms with Gasteiger partial charge in [-0.25, -0.2) is 0 Å². The summed E-state index contributed by atoms with van der Waals surface area (Å²) in [6.45, 7) is 0. The second-order valence-electron chi connectivity index (χ2n) is 0. The first-order valence-electron chi connectivity index (χ1n) is 0.167. The average molecular weight is 90.4 g/mol. The van der Waals surface area contributed by atoms with Gasteiger partial charge in [-0.2, -0.15) is 0 Å². The summed E-state index contributed by atoms with van der Waals surface area (Å²) >= 11 is 0. The van der Waals surface area contributed by atoms with E-state index in [-0.39, 0.29) is 42.0 Å². The topological polar surface area (TPSA) is 34.1 Å². The summed E-state index contributed by atoms with van der Waals surface area (Å²) in [5.74, 6) is 0. The molecule has 0 aliphatic rings. The maximum atomic E-state index is 7.00. The normalized spacial score (nSPS) is 1.00. The molecule has 0 aliphatic carbocycles. The minimum atomic E-state index is 0. The molecule has 0 saturated carbocycles. The summed E-state index contributed by atoms with van der Waals surface area (Å²) in [7, 11) is 0. The van der Waals surface area contributed by atoms with E-state index < -0.39 is 0 Å². The van der Waals surface area contributed by atoms with Crippen molar-refractivity contribution < 1.29 is 42.0 Å². The quantitative estimate of drug-likeness (QED) is 0.278. The Morgan fingerprint density at radius 1 is 1.00 bits per heavy atom. The van der Waals surface area contributed by atoms with Crippen LogP contribution in [0.5, 0.6) is 0 Å². The second kappa shape index (κ2) is 41.0. The van der Waals surface area contributed by atoms with E-state index in [0.29, 0.717) is 0 Å². The molecule has 0 bridgehead atoms. The summed E-state index contributed by atoms with van der Waals surface area (Å²) < 4.78 is 0. The molecule has 0 fully saturated rings. The Labute approximate surface area is 51.9 Å². The molecule has 0 rings (SSSR count). The predicted molar refractivity (Wildman–Crippen MR) is 6.73 cm³/mol. The van der Waals surface area contributed by atoms with E-state index >= 15 is 0 Å². The van der Waals surface area contributed by atoms with Crippen molar-refractivity contribution in [1.29, 1.82) is 0 Å². The van der Waals surface area contributed by atoms with Gasteiger partial charge in [-0.1, -0.05) is 0 Å². The predicted octanol–water partition coefficient (Wildman–Crippen LogP) is -5.92. The van der Waals surface area contributed by atoms with E-state index in [1.807, 2.05) is 0 Å². The van der Waals surface area contributed by atoms with Crippen LogP contribution in [0.1, 0.15) is 0 Å². The molecule has 0 N–H and O–H groups in total. The molecule has 4 heavy (non-hydrogen) atoms. The second-order valence-corrected chi connectivity index (χ2v) is 0. The summed E-state index contributed by atoms with van der Waals surface area (Å²) in [6.07, 6.45) is 0. The fourth-order valence-electron chi connectivity index (χ4n) is 0. The van der Waals surface area contributed by atoms with E-state index in [9.17, 15) is 0 Å². The number of rotatable bonds is 0. The van der Waals surface area contributed by atoms with Crippen molar-refractivity contribution in [3.8, 4) is 0 Å². The van der Waals surface area contributed by atoms with Crippen LogP contribution in [0, 0.1) is 9.93 Å². The molecular weight excluding hydrogens is 90.4 g/mol. The number of hydrogen-bond acceptors (Lipinski definition) is 2. The molecule has 0 aromatic heterocycles. The van der Waals surface area contributed by atoms with E-state index in [4.69, 9.17) is 9.93 Å². The molecule has 0 heterocycles. The SMILES string of the molecule is O=O.[Cl-].[Na+]. The zero-order valence-corrected chi connectivity index (χ0v) is 4.95. The molecule has 0 radical (unpaired) electrons. The Bertz CT molecular complexity index is 6.00. The molecule has 4 heteroatoms. The number of hydrogen-bond donors (Lipinski definition) is 0. The van der Waals surface area contributed by atoms with Crippen molar-refractivity contribution in [1.82, 2.24) is 0 Å². The Morgan fingerprint density at radius 2 is 1.00 bits per heavy atom. The van der Waals surface area contributed by atoms with Gasteiger partial charge in [-0.15, -0.1) is 0 Å². The van der Waals surface area contributed by atoms with Crippen LogP contribution < -0.4 is 42.0 Å². The van der Waals surface area contributed by atoms with Crippen molar-refractivity contribution in [3.63, 3.8) is 0 Å². The fourth-order valence-corrected chi connectivity index (χ4v) is 0. The van der Waals surface area contributed by atoms with Gasteiger partial charge in [0, 0.05) is 9.93 Å². The van der Waals surface area contributed by atoms with Gasteiger partial charge in [0.05, 0.1) is 0 Å². The van der Waals surface area contributed by atoms with Crippen molar-refractivity contribution in [3.05, 3.63) is 9.93 Å². The van der Waals surface area contributed by atoms with Crippen LogP contribution in [0.3, 0.4) is 0 Å². The molecule has 0 aromatic rings. The summed E-state index contributed by atoms with van der Waals surface area (Å²) in [6, 6.07) is 0. The number of halogens is 1. The minimum Gasteiger partial charge on any atom is -1.00 e. The van der Waals surface area contributed by atoms with Crippen LogP contribution in [-0.2, 0) is 0 Å². The van der Waals surface area contributed by atoms with Crippen LogP contribution >= 0.6 is 0 Å². The summed E-state index contributed by atoms with van der Waals surface area (Å²) in [5.41, 5.74) is 0. The third kappa shape index (κ3) is 13.0. The Morgan fingerprint density at radius 3 is 1.00 bits per heavy atom. The molecule has 0 amide bonds. The molecule has 2 nitrogen and oxygen atoms in total. The Balaban J connectivity index is -0.00000000500. The van der Waals surface area contributed by atoms with Crippen LogP contribution in [0.4, 0.5) is 0 Å². The Kier molecular flexibility index (Phi) is 212. The molecular formula is ClNaO2. The molecule has 0 aliphatic heterocycles. The van der Waals surface area contributed by atoms with Crippen molar-refractivity contribution in [2.45, 2.75) is 0 Å². The summed E-state index contributed by atoms with van der Waals surface area (Å²) in [5, 5.41) is 0. The van der Waals surface area contributed by atoms with Crippen molar-refractivity contribution in [2.75, 3.05) is 0 Å². The third-order valence-corrected chi connectivity index (χ3v) is 0. The van der Waals surface area contributed by atoms with Crippen LogP contribution in [-0.4, -0.2) is 0 Å². The van der Waals surface area contributed by atoms with E-state index in [1.165, 1.54) is 0 Å². The van der Waals surface area contributed by atoms with E-state index in [2.05, 4.69) is 0 Å². The maximum absolute atomic E-state index is 7.00. The first-order valence-corrected chi connectivity index (χ1v) is 0.167.